The van der Waals surface area contributed by atoms with Crippen LogP contribution >= 0.6 is 27.3 Å². The first-order valence-electron chi connectivity index (χ1n) is 4.14. The highest BCUT2D eigenvalue weighted by atomic mass is 79.9. The van der Waals surface area contributed by atoms with E-state index in [4.69, 9.17) is 5.11 Å². The number of nitrogens with zero attached hydrogens (tertiary/aromatic N) is 2. The van der Waals surface area contributed by atoms with Crippen LogP contribution in [0.1, 0.15) is 15.2 Å². The number of rotatable bonds is 3. The molecular formula is C9H7BrN2O2S. The number of carboxylic acids is 1. The molecule has 4 nitrogen and oxygen atoms in total. The molecule has 78 valence electrons. The summed E-state index contributed by atoms with van der Waals surface area (Å²) in [6.07, 6.45) is 2.88. The van der Waals surface area contributed by atoms with Crippen LogP contribution in [-0.4, -0.2) is 20.9 Å². The van der Waals surface area contributed by atoms with Gasteiger partial charge in [-0.2, -0.15) is 5.10 Å². The van der Waals surface area contributed by atoms with E-state index in [1.54, 1.807) is 16.0 Å². The zero-order valence-electron chi connectivity index (χ0n) is 7.55. The maximum atomic E-state index is 10.6. The van der Waals surface area contributed by atoms with Crippen molar-refractivity contribution in [2.75, 3.05) is 0 Å². The van der Waals surface area contributed by atoms with Crippen molar-refractivity contribution in [3.8, 4) is 0 Å². The second-order valence-electron chi connectivity index (χ2n) is 2.96. The van der Waals surface area contributed by atoms with Gasteiger partial charge in [-0.1, -0.05) is 0 Å². The van der Waals surface area contributed by atoms with Crippen molar-refractivity contribution in [2.45, 2.75) is 6.54 Å². The van der Waals surface area contributed by atoms with Crippen LogP contribution in [-0.2, 0) is 6.54 Å². The summed E-state index contributed by atoms with van der Waals surface area (Å²) in [5, 5.41) is 14.7. The van der Waals surface area contributed by atoms with Gasteiger partial charge in [0.25, 0.3) is 0 Å². The van der Waals surface area contributed by atoms with Gasteiger partial charge in [0.2, 0.25) is 0 Å². The average molecular weight is 287 g/mol. The number of hydrogen-bond acceptors (Lipinski definition) is 3. The number of thiophene rings is 1. The number of carbonyl (C=O) groups is 1. The highest BCUT2D eigenvalue weighted by Crippen LogP contribution is 2.20. The highest BCUT2D eigenvalue weighted by molar-refractivity contribution is 9.10. The van der Waals surface area contributed by atoms with Crippen LogP contribution in [0.5, 0.6) is 0 Å². The van der Waals surface area contributed by atoms with Crippen LogP contribution in [0.25, 0.3) is 0 Å². The molecule has 1 N–H and O–H groups in total. The van der Waals surface area contributed by atoms with E-state index >= 15 is 0 Å². The molecule has 2 aromatic heterocycles. The predicted molar refractivity (Wildman–Crippen MR) is 60.3 cm³/mol. The topological polar surface area (TPSA) is 55.1 Å². The standard InChI is InChI=1S/C9H7BrN2O2S/c10-7-1-8(15-5-7)4-12-3-6(2-11-12)9(13)14/h1-3,5H,4H2,(H,13,14). The van der Waals surface area contributed by atoms with E-state index < -0.39 is 5.97 Å². The molecule has 0 bridgehead atoms. The Balaban J connectivity index is 2.14. The molecule has 0 aliphatic rings. The van der Waals surface area contributed by atoms with E-state index in [0.29, 0.717) is 6.54 Å². The molecule has 0 fully saturated rings. The van der Waals surface area contributed by atoms with Crippen molar-refractivity contribution < 1.29 is 9.90 Å². The van der Waals surface area contributed by atoms with Crippen molar-refractivity contribution in [3.63, 3.8) is 0 Å². The van der Waals surface area contributed by atoms with Gasteiger partial charge in [-0.25, -0.2) is 4.79 Å². The summed E-state index contributed by atoms with van der Waals surface area (Å²) >= 11 is 4.97. The van der Waals surface area contributed by atoms with Crippen LogP contribution in [0.2, 0.25) is 0 Å². The van der Waals surface area contributed by atoms with Crippen LogP contribution in [0.15, 0.2) is 28.3 Å². The van der Waals surface area contributed by atoms with Gasteiger partial charge >= 0.3 is 5.97 Å². The minimum absolute atomic E-state index is 0.214. The SMILES string of the molecule is O=C(O)c1cnn(Cc2cc(Br)cs2)c1. The van der Waals surface area contributed by atoms with Gasteiger partial charge in [-0.05, 0) is 22.0 Å². The number of aromatic carboxylic acids is 1. The summed E-state index contributed by atoms with van der Waals surface area (Å²) in [5.41, 5.74) is 0.214. The van der Waals surface area contributed by atoms with Crippen LogP contribution < -0.4 is 0 Å². The molecule has 0 aromatic carbocycles. The maximum absolute atomic E-state index is 10.6. The molecular weight excluding hydrogens is 280 g/mol. The van der Waals surface area contributed by atoms with Crippen LogP contribution in [0.4, 0.5) is 0 Å². The molecule has 15 heavy (non-hydrogen) atoms. The molecule has 6 heteroatoms. The Kier molecular flexibility index (Phi) is 2.88. The molecule has 0 radical (unpaired) electrons. The third kappa shape index (κ3) is 2.45. The van der Waals surface area contributed by atoms with E-state index in [1.165, 1.54) is 12.4 Å². The normalized spacial score (nSPS) is 10.5. The quantitative estimate of drug-likeness (QED) is 0.943. The molecule has 0 aliphatic heterocycles. The third-order valence-electron chi connectivity index (χ3n) is 1.82. The Morgan fingerprint density at radius 1 is 1.67 bits per heavy atom. The second-order valence-corrected chi connectivity index (χ2v) is 4.87. The summed E-state index contributed by atoms with van der Waals surface area (Å²) < 4.78 is 2.65. The molecule has 0 atom stereocenters. The lowest BCUT2D eigenvalue weighted by molar-refractivity contribution is 0.0697. The van der Waals surface area contributed by atoms with E-state index in [9.17, 15) is 4.79 Å². The fourth-order valence-corrected chi connectivity index (χ4v) is 2.60. The van der Waals surface area contributed by atoms with Gasteiger partial charge in [0, 0.05) is 20.9 Å². The Bertz CT molecular complexity index is 492. The smallest absolute Gasteiger partial charge is 0.338 e. The lowest BCUT2D eigenvalue weighted by Crippen LogP contribution is -1.98. The van der Waals surface area contributed by atoms with Crippen molar-refractivity contribution >= 4 is 33.2 Å². The fourth-order valence-electron chi connectivity index (χ4n) is 1.16. The Morgan fingerprint density at radius 2 is 2.47 bits per heavy atom. The molecule has 2 rings (SSSR count). The lowest BCUT2D eigenvalue weighted by Gasteiger charge is -1.96. The van der Waals surface area contributed by atoms with Gasteiger partial charge in [-0.3, -0.25) is 4.68 Å². The Hall–Kier alpha value is -1.14. The van der Waals surface area contributed by atoms with Gasteiger partial charge < -0.3 is 5.11 Å². The molecule has 0 saturated carbocycles. The summed E-state index contributed by atoms with van der Waals surface area (Å²) in [7, 11) is 0. The number of halogens is 1. The van der Waals surface area contributed by atoms with E-state index in [2.05, 4.69) is 21.0 Å². The molecule has 0 spiro atoms. The van der Waals surface area contributed by atoms with Gasteiger partial charge in [0.1, 0.15) is 0 Å². The minimum Gasteiger partial charge on any atom is -0.478 e. The second kappa shape index (κ2) is 4.16. The van der Waals surface area contributed by atoms with Crippen LogP contribution in [0, 0.1) is 0 Å². The highest BCUT2D eigenvalue weighted by Gasteiger charge is 2.06. The summed E-state index contributed by atoms with van der Waals surface area (Å²) in [5.74, 6) is -0.950. The van der Waals surface area contributed by atoms with Crippen molar-refractivity contribution in [3.05, 3.63) is 38.8 Å². The average Bonchev–Trinajstić information content (AvgIpc) is 2.76. The monoisotopic (exact) mass is 286 g/mol. The van der Waals surface area contributed by atoms with Crippen LogP contribution in [0.3, 0.4) is 0 Å². The molecule has 2 aromatic rings. The summed E-state index contributed by atoms with van der Waals surface area (Å²) in [6.45, 7) is 0.601. The molecule has 0 aliphatic carbocycles. The number of hydrogen-bond donors (Lipinski definition) is 1. The fraction of sp³-hybridized carbons (Fsp3) is 0.111. The largest absolute Gasteiger partial charge is 0.478 e. The van der Waals surface area contributed by atoms with E-state index in [0.717, 1.165) is 9.35 Å². The zero-order valence-corrected chi connectivity index (χ0v) is 9.96. The van der Waals surface area contributed by atoms with Gasteiger partial charge in [0.15, 0.2) is 0 Å². The first kappa shape index (κ1) is 10.4. The number of carboxylic acid groups (broad SMARTS) is 1. The maximum Gasteiger partial charge on any atom is 0.338 e. The molecule has 2 heterocycles. The van der Waals surface area contributed by atoms with Gasteiger partial charge in [0.05, 0.1) is 18.3 Å². The minimum atomic E-state index is -0.950. The molecule has 0 saturated heterocycles. The zero-order chi connectivity index (χ0) is 10.8. The first-order chi connectivity index (χ1) is 7.15. The third-order valence-corrected chi connectivity index (χ3v) is 3.50. The van der Waals surface area contributed by atoms with Gasteiger partial charge in [-0.15, -0.1) is 11.3 Å². The van der Waals surface area contributed by atoms with E-state index in [-0.39, 0.29) is 5.56 Å². The Labute approximate surface area is 98.3 Å². The molecule has 0 amide bonds. The predicted octanol–water partition coefficient (Wildman–Crippen LogP) is 2.45. The molecule has 0 unspecified atom stereocenters. The van der Waals surface area contributed by atoms with E-state index in [1.807, 2.05) is 11.4 Å². The number of aromatic nitrogens is 2. The Morgan fingerprint density at radius 3 is 3.00 bits per heavy atom. The van der Waals surface area contributed by atoms with Crippen molar-refractivity contribution in [1.29, 1.82) is 0 Å². The summed E-state index contributed by atoms with van der Waals surface area (Å²) in [4.78, 5) is 11.7. The summed E-state index contributed by atoms with van der Waals surface area (Å²) in [6, 6.07) is 1.99. The first-order valence-corrected chi connectivity index (χ1v) is 5.81. The lowest BCUT2D eigenvalue weighted by atomic mass is 10.4. The van der Waals surface area contributed by atoms with Crippen molar-refractivity contribution in [2.24, 2.45) is 0 Å². The van der Waals surface area contributed by atoms with Crippen molar-refractivity contribution in [1.82, 2.24) is 9.78 Å².